The molecule has 2 aliphatic rings. The molecule has 0 spiro atoms. The normalized spacial score (nSPS) is 19.5. The highest BCUT2D eigenvalue weighted by molar-refractivity contribution is 7.99. The van der Waals surface area contributed by atoms with Gasteiger partial charge in [0.05, 0.1) is 12.3 Å². The van der Waals surface area contributed by atoms with Crippen molar-refractivity contribution in [3.63, 3.8) is 0 Å². The average Bonchev–Trinajstić information content (AvgIpc) is 2.70. The van der Waals surface area contributed by atoms with Crippen LogP contribution in [0.15, 0.2) is 18.2 Å². The number of benzene rings is 1. The molecule has 2 amide bonds. The highest BCUT2D eigenvalue weighted by Crippen LogP contribution is 2.27. The molecule has 1 aromatic rings. The Morgan fingerprint density at radius 3 is 2.75 bits per heavy atom. The first-order chi connectivity index (χ1) is 13.2. The second kappa shape index (κ2) is 11.5. The second-order valence-electron chi connectivity index (χ2n) is 6.98. The maximum absolute atomic E-state index is 12.8. The Labute approximate surface area is 177 Å². The summed E-state index contributed by atoms with van der Waals surface area (Å²) in [6.07, 6.45) is 3.71. The smallest absolute Gasteiger partial charge is 0.253 e. The number of carbonyl (C=O) groups is 2. The molecule has 3 rings (SSSR count). The van der Waals surface area contributed by atoms with Gasteiger partial charge in [0.25, 0.3) is 5.91 Å². The molecule has 0 aromatic heterocycles. The number of amides is 2. The summed E-state index contributed by atoms with van der Waals surface area (Å²) in [7, 11) is 0. The Balaban J connectivity index is 0.00000280. The van der Waals surface area contributed by atoms with Gasteiger partial charge in [-0.3, -0.25) is 9.59 Å². The van der Waals surface area contributed by atoms with E-state index in [1.54, 1.807) is 18.2 Å². The third kappa shape index (κ3) is 6.29. The van der Waals surface area contributed by atoms with Gasteiger partial charge in [0.2, 0.25) is 5.91 Å². The van der Waals surface area contributed by atoms with Crippen LogP contribution in [-0.2, 0) is 4.79 Å². The molecule has 2 N–H and O–H groups in total. The van der Waals surface area contributed by atoms with Crippen molar-refractivity contribution in [2.45, 2.75) is 38.6 Å². The van der Waals surface area contributed by atoms with E-state index >= 15 is 0 Å². The van der Waals surface area contributed by atoms with E-state index in [1.807, 2.05) is 23.6 Å². The summed E-state index contributed by atoms with van der Waals surface area (Å²) in [6.45, 7) is 4.95. The van der Waals surface area contributed by atoms with E-state index in [0.717, 1.165) is 44.0 Å². The third-order valence-electron chi connectivity index (χ3n) is 4.87. The number of hydrogen-bond donors (Lipinski definition) is 2. The number of carbonyl (C=O) groups excluding carboxylic acids is 2. The van der Waals surface area contributed by atoms with E-state index in [1.165, 1.54) is 6.42 Å². The molecule has 2 heterocycles. The lowest BCUT2D eigenvalue weighted by Gasteiger charge is -2.27. The zero-order chi connectivity index (χ0) is 19.1. The molecule has 2 aliphatic heterocycles. The van der Waals surface area contributed by atoms with Crippen LogP contribution >= 0.6 is 24.2 Å². The number of thioether (sulfide) groups is 1. The van der Waals surface area contributed by atoms with Crippen LogP contribution in [0.2, 0.25) is 0 Å². The largest absolute Gasteiger partial charge is 0.492 e. The van der Waals surface area contributed by atoms with Gasteiger partial charge in [0, 0.05) is 49.2 Å². The molecule has 1 unspecified atom stereocenters. The number of piperidine rings is 1. The van der Waals surface area contributed by atoms with Crippen molar-refractivity contribution in [3.05, 3.63) is 23.8 Å². The van der Waals surface area contributed by atoms with Crippen LogP contribution in [0.1, 0.15) is 43.0 Å². The second-order valence-corrected chi connectivity index (χ2v) is 8.12. The minimum atomic E-state index is -0.0569. The Morgan fingerprint density at radius 2 is 2.07 bits per heavy atom. The summed E-state index contributed by atoms with van der Waals surface area (Å²) >= 11 is 1.87. The Hall–Kier alpha value is -1.44. The standard InChI is InChI=1S/C20H29N3O3S.ClH/c1-2-26-18-7-6-15(20(25)23-9-4-3-5-10-23)12-17(18)22-19(24)13-16-14-27-11-8-21-16;/h6-7,12,16,21H,2-5,8-11,13-14H2,1H3,(H,22,24);1H. The fraction of sp³-hybridized carbons (Fsp3) is 0.600. The molecule has 156 valence electrons. The van der Waals surface area contributed by atoms with Gasteiger partial charge in [-0.05, 0) is 44.4 Å². The fourth-order valence-corrected chi connectivity index (χ4v) is 4.45. The van der Waals surface area contributed by atoms with E-state index in [-0.39, 0.29) is 30.3 Å². The van der Waals surface area contributed by atoms with Gasteiger partial charge in [-0.1, -0.05) is 0 Å². The van der Waals surface area contributed by atoms with Crippen LogP contribution in [0.3, 0.4) is 0 Å². The van der Waals surface area contributed by atoms with Gasteiger partial charge < -0.3 is 20.3 Å². The Morgan fingerprint density at radius 1 is 1.29 bits per heavy atom. The average molecular weight is 428 g/mol. The van der Waals surface area contributed by atoms with E-state index in [9.17, 15) is 9.59 Å². The van der Waals surface area contributed by atoms with E-state index < -0.39 is 0 Å². The van der Waals surface area contributed by atoms with Crippen LogP contribution in [0.5, 0.6) is 5.75 Å². The number of ether oxygens (including phenoxy) is 1. The molecule has 2 saturated heterocycles. The number of hydrogen-bond acceptors (Lipinski definition) is 5. The zero-order valence-electron chi connectivity index (χ0n) is 16.4. The van der Waals surface area contributed by atoms with Crippen molar-refractivity contribution < 1.29 is 14.3 Å². The molecule has 0 radical (unpaired) electrons. The highest BCUT2D eigenvalue weighted by atomic mass is 35.5. The molecular weight excluding hydrogens is 398 g/mol. The van der Waals surface area contributed by atoms with Gasteiger partial charge in [-0.2, -0.15) is 11.8 Å². The number of nitrogens with zero attached hydrogens (tertiary/aromatic N) is 1. The predicted octanol–water partition coefficient (Wildman–Crippen LogP) is 3.17. The highest BCUT2D eigenvalue weighted by Gasteiger charge is 2.21. The number of likely N-dealkylation sites (tertiary alicyclic amines) is 1. The Bertz CT molecular complexity index is 662. The Kier molecular flexibility index (Phi) is 9.41. The summed E-state index contributed by atoms with van der Waals surface area (Å²) in [5.41, 5.74) is 1.18. The topological polar surface area (TPSA) is 70.7 Å². The predicted molar refractivity (Wildman–Crippen MR) is 117 cm³/mol. The molecule has 0 aliphatic carbocycles. The van der Waals surface area contributed by atoms with Crippen LogP contribution in [0.4, 0.5) is 5.69 Å². The van der Waals surface area contributed by atoms with Crippen LogP contribution in [0.25, 0.3) is 0 Å². The summed E-state index contributed by atoms with van der Waals surface area (Å²) in [4.78, 5) is 27.2. The third-order valence-corrected chi connectivity index (χ3v) is 6.00. The zero-order valence-corrected chi connectivity index (χ0v) is 18.0. The van der Waals surface area contributed by atoms with Gasteiger partial charge in [-0.15, -0.1) is 12.4 Å². The van der Waals surface area contributed by atoms with Crippen molar-refractivity contribution in [2.75, 3.05) is 43.1 Å². The van der Waals surface area contributed by atoms with E-state index in [0.29, 0.717) is 30.0 Å². The van der Waals surface area contributed by atoms with Crippen LogP contribution < -0.4 is 15.4 Å². The molecular formula is C20H30ClN3O3S. The maximum Gasteiger partial charge on any atom is 0.253 e. The lowest BCUT2D eigenvalue weighted by molar-refractivity contribution is -0.116. The first-order valence-electron chi connectivity index (χ1n) is 9.84. The minimum Gasteiger partial charge on any atom is -0.492 e. The minimum absolute atomic E-state index is 0. The van der Waals surface area contributed by atoms with Crippen molar-refractivity contribution in [3.8, 4) is 5.75 Å². The quantitative estimate of drug-likeness (QED) is 0.729. The number of nitrogens with one attached hydrogen (secondary N) is 2. The fourth-order valence-electron chi connectivity index (χ4n) is 3.50. The van der Waals surface area contributed by atoms with E-state index in [2.05, 4.69) is 10.6 Å². The first kappa shape index (κ1) is 22.8. The SMILES string of the molecule is CCOc1ccc(C(=O)N2CCCCC2)cc1NC(=O)CC1CSCCN1.Cl. The van der Waals surface area contributed by atoms with Gasteiger partial charge in [-0.25, -0.2) is 0 Å². The van der Waals surface area contributed by atoms with E-state index in [4.69, 9.17) is 4.74 Å². The summed E-state index contributed by atoms with van der Waals surface area (Å²) in [5, 5.41) is 6.33. The van der Waals surface area contributed by atoms with Crippen molar-refractivity contribution in [2.24, 2.45) is 0 Å². The molecule has 0 bridgehead atoms. The number of rotatable bonds is 6. The summed E-state index contributed by atoms with van der Waals surface area (Å²) < 4.78 is 5.65. The molecule has 6 nitrogen and oxygen atoms in total. The maximum atomic E-state index is 12.8. The van der Waals surface area contributed by atoms with Crippen molar-refractivity contribution >= 4 is 41.7 Å². The lowest BCUT2D eigenvalue weighted by Crippen LogP contribution is -2.40. The van der Waals surface area contributed by atoms with Crippen LogP contribution in [-0.4, -0.2) is 60.5 Å². The lowest BCUT2D eigenvalue weighted by atomic mass is 10.1. The van der Waals surface area contributed by atoms with Crippen molar-refractivity contribution in [1.82, 2.24) is 10.2 Å². The first-order valence-corrected chi connectivity index (χ1v) is 11.0. The molecule has 28 heavy (non-hydrogen) atoms. The molecule has 8 heteroatoms. The molecule has 1 aromatic carbocycles. The summed E-state index contributed by atoms with van der Waals surface area (Å²) in [5.74, 6) is 2.61. The molecule has 2 fully saturated rings. The number of halogens is 1. The van der Waals surface area contributed by atoms with Crippen molar-refractivity contribution in [1.29, 1.82) is 0 Å². The summed E-state index contributed by atoms with van der Waals surface area (Å²) in [6, 6.07) is 5.52. The van der Waals surface area contributed by atoms with Crippen LogP contribution in [0, 0.1) is 0 Å². The number of anilines is 1. The van der Waals surface area contributed by atoms with Gasteiger partial charge >= 0.3 is 0 Å². The van der Waals surface area contributed by atoms with Gasteiger partial charge in [0.1, 0.15) is 5.75 Å². The van der Waals surface area contributed by atoms with Gasteiger partial charge in [0.15, 0.2) is 0 Å². The molecule has 0 saturated carbocycles. The molecule has 1 atom stereocenters. The monoisotopic (exact) mass is 427 g/mol.